The summed E-state index contributed by atoms with van der Waals surface area (Å²) in [6, 6.07) is 24.5. The normalized spacial score (nSPS) is 14.8. The second-order valence-electron chi connectivity index (χ2n) is 9.40. The van der Waals surface area contributed by atoms with Gasteiger partial charge in [0.15, 0.2) is 0 Å². The van der Waals surface area contributed by atoms with Gasteiger partial charge < -0.3 is 19.5 Å². The molecule has 0 aliphatic carbocycles. The van der Waals surface area contributed by atoms with E-state index in [2.05, 4.69) is 10.2 Å². The summed E-state index contributed by atoms with van der Waals surface area (Å²) in [5.41, 5.74) is 4.36. The Bertz CT molecular complexity index is 1370. The third-order valence-corrected chi connectivity index (χ3v) is 6.44. The number of carbonyl (C=O) groups excluding carboxylic acids is 1. The summed E-state index contributed by atoms with van der Waals surface area (Å²) in [7, 11) is 0. The van der Waals surface area contributed by atoms with Gasteiger partial charge in [0.1, 0.15) is 29.5 Å². The van der Waals surface area contributed by atoms with Crippen LogP contribution in [-0.2, 0) is 11.3 Å². The Hall–Kier alpha value is -4.10. The molecule has 0 unspecified atom stereocenters. The number of fused-ring (bicyclic) bond motifs is 1. The van der Waals surface area contributed by atoms with Crippen LogP contribution in [-0.4, -0.2) is 45.4 Å². The molecule has 37 heavy (non-hydrogen) atoms. The molecule has 0 bridgehead atoms. The van der Waals surface area contributed by atoms with E-state index in [-0.39, 0.29) is 23.8 Å². The molecule has 5 rings (SSSR count). The number of nitrogens with zero attached hydrogens (tertiary/aromatic N) is 2. The topological polar surface area (TPSA) is 87.7 Å². The Morgan fingerprint density at radius 3 is 2.59 bits per heavy atom. The molecule has 0 radical (unpaired) electrons. The molecule has 2 heterocycles. The van der Waals surface area contributed by atoms with Crippen LogP contribution in [0, 0.1) is 0 Å². The monoisotopic (exact) mass is 497 g/mol. The van der Waals surface area contributed by atoms with Crippen molar-refractivity contribution in [3.05, 3.63) is 101 Å². The molecule has 1 aromatic heterocycles. The molecule has 1 aliphatic heterocycles. The molecule has 1 atom stereocenters. The van der Waals surface area contributed by atoms with Gasteiger partial charge in [-0.15, -0.1) is 0 Å². The molecule has 3 aromatic carbocycles. The largest absolute Gasteiger partial charge is 0.507 e. The number of phenolic OH excluding ortho intramolecular Hbond substituents is 1. The van der Waals surface area contributed by atoms with Gasteiger partial charge in [-0.2, -0.15) is 5.10 Å². The maximum absolute atomic E-state index is 13.6. The Kier molecular flexibility index (Phi) is 7.23. The van der Waals surface area contributed by atoms with Crippen LogP contribution >= 0.6 is 0 Å². The van der Waals surface area contributed by atoms with Crippen molar-refractivity contribution in [1.29, 1.82) is 0 Å². The second-order valence-corrected chi connectivity index (χ2v) is 9.40. The van der Waals surface area contributed by atoms with Crippen LogP contribution < -0.4 is 4.74 Å². The lowest BCUT2D eigenvalue weighted by Crippen LogP contribution is -2.31. The van der Waals surface area contributed by atoms with Crippen molar-refractivity contribution in [3.8, 4) is 22.8 Å². The lowest BCUT2D eigenvalue weighted by Gasteiger charge is -2.27. The first-order chi connectivity index (χ1) is 18.0. The zero-order valence-corrected chi connectivity index (χ0v) is 21.1. The molecule has 190 valence electrons. The number of aromatic amines is 1. The van der Waals surface area contributed by atoms with E-state index in [1.165, 1.54) is 0 Å². The number of ether oxygens (including phenoxy) is 2. The number of amides is 1. The third kappa shape index (κ3) is 5.22. The number of phenols is 1. The first kappa shape index (κ1) is 24.6. The van der Waals surface area contributed by atoms with Crippen LogP contribution in [0.3, 0.4) is 0 Å². The third-order valence-electron chi connectivity index (χ3n) is 6.44. The lowest BCUT2D eigenvalue weighted by molar-refractivity contribution is 0.0601. The number of rotatable bonds is 10. The Morgan fingerprint density at radius 2 is 1.81 bits per heavy atom. The number of nitrogens with one attached hydrogen (secondary N) is 1. The molecular formula is C30H31N3O4. The summed E-state index contributed by atoms with van der Waals surface area (Å²) in [5.74, 6) is 0.721. The molecule has 0 saturated heterocycles. The first-order valence-corrected chi connectivity index (χ1v) is 12.6. The van der Waals surface area contributed by atoms with Crippen molar-refractivity contribution >= 4 is 5.91 Å². The minimum Gasteiger partial charge on any atom is -0.507 e. The second kappa shape index (κ2) is 10.9. The van der Waals surface area contributed by atoms with E-state index in [0.29, 0.717) is 43.1 Å². The van der Waals surface area contributed by atoms with Crippen molar-refractivity contribution in [3.63, 3.8) is 0 Å². The molecule has 1 amide bonds. The van der Waals surface area contributed by atoms with Crippen LogP contribution in [0.4, 0.5) is 0 Å². The smallest absolute Gasteiger partial charge is 0.273 e. The summed E-state index contributed by atoms with van der Waals surface area (Å²) >= 11 is 0. The van der Waals surface area contributed by atoms with E-state index in [0.717, 1.165) is 22.4 Å². The quantitative estimate of drug-likeness (QED) is 0.274. The molecule has 2 N–H and O–H groups in total. The van der Waals surface area contributed by atoms with Crippen LogP contribution in [0.1, 0.15) is 53.5 Å². The van der Waals surface area contributed by atoms with Gasteiger partial charge in [-0.25, -0.2) is 0 Å². The molecular weight excluding hydrogens is 466 g/mol. The maximum atomic E-state index is 13.6. The zero-order valence-electron chi connectivity index (χ0n) is 21.1. The number of hydrogen-bond donors (Lipinski definition) is 2. The van der Waals surface area contributed by atoms with E-state index in [4.69, 9.17) is 9.47 Å². The van der Waals surface area contributed by atoms with E-state index in [9.17, 15) is 9.90 Å². The number of para-hydroxylation sites is 1. The molecule has 1 aliphatic rings. The van der Waals surface area contributed by atoms with Crippen molar-refractivity contribution in [2.24, 2.45) is 0 Å². The number of carbonyl (C=O) groups is 1. The SMILES string of the molecule is CC(C)OCCCN1C(=O)c2[nH]nc(-c3ccccc3O)c2[C@H]1c1cccc(OCc2ccccc2)c1. The highest BCUT2D eigenvalue weighted by molar-refractivity contribution is 6.00. The van der Waals surface area contributed by atoms with Crippen LogP contribution in [0.2, 0.25) is 0 Å². The fraction of sp³-hybridized carbons (Fsp3) is 0.267. The highest BCUT2D eigenvalue weighted by Gasteiger charge is 2.42. The number of hydrogen-bond acceptors (Lipinski definition) is 5. The maximum Gasteiger partial charge on any atom is 0.273 e. The number of benzene rings is 3. The molecule has 0 spiro atoms. The van der Waals surface area contributed by atoms with E-state index >= 15 is 0 Å². The van der Waals surface area contributed by atoms with Gasteiger partial charge in [0.05, 0.1) is 12.1 Å². The predicted molar refractivity (Wildman–Crippen MR) is 141 cm³/mol. The standard InChI is InChI=1S/C30H31N3O4/c1-20(2)36-17-9-16-33-29(22-12-8-13-23(18-22)37-19-21-10-4-3-5-11-21)26-27(31-32-28(26)30(33)35)24-14-6-7-15-25(24)34/h3-8,10-15,18,20,29,34H,9,16-17,19H2,1-2H3,(H,31,32)/t29-/m1/s1. The number of aromatic hydroxyl groups is 1. The van der Waals surface area contributed by atoms with Crippen LogP contribution in [0.5, 0.6) is 11.5 Å². The fourth-order valence-electron chi connectivity index (χ4n) is 4.72. The molecule has 4 aromatic rings. The highest BCUT2D eigenvalue weighted by atomic mass is 16.5. The molecule has 7 nitrogen and oxygen atoms in total. The van der Waals surface area contributed by atoms with Crippen LogP contribution in [0.25, 0.3) is 11.3 Å². The average molecular weight is 498 g/mol. The number of aromatic nitrogens is 2. The summed E-state index contributed by atoms with van der Waals surface area (Å²) < 4.78 is 11.8. The lowest BCUT2D eigenvalue weighted by atomic mass is 9.95. The first-order valence-electron chi connectivity index (χ1n) is 12.6. The van der Waals surface area contributed by atoms with E-state index in [1.54, 1.807) is 12.1 Å². The Balaban J connectivity index is 1.49. The van der Waals surface area contributed by atoms with E-state index < -0.39 is 0 Å². The summed E-state index contributed by atoms with van der Waals surface area (Å²) in [5, 5.41) is 18.0. The minimum atomic E-state index is -0.379. The predicted octanol–water partition coefficient (Wildman–Crippen LogP) is 5.72. The number of H-pyrrole nitrogens is 1. The average Bonchev–Trinajstić information content (AvgIpc) is 3.45. The highest BCUT2D eigenvalue weighted by Crippen LogP contribution is 2.44. The fourth-order valence-corrected chi connectivity index (χ4v) is 4.72. The van der Waals surface area contributed by atoms with Gasteiger partial charge in [-0.3, -0.25) is 9.89 Å². The van der Waals surface area contributed by atoms with Gasteiger partial charge in [-0.05, 0) is 55.7 Å². The van der Waals surface area contributed by atoms with Gasteiger partial charge in [0, 0.05) is 24.3 Å². The summed E-state index contributed by atoms with van der Waals surface area (Å²) in [4.78, 5) is 15.4. The zero-order chi connectivity index (χ0) is 25.8. The van der Waals surface area contributed by atoms with Crippen LogP contribution in [0.15, 0.2) is 78.9 Å². The van der Waals surface area contributed by atoms with Gasteiger partial charge >= 0.3 is 0 Å². The van der Waals surface area contributed by atoms with Gasteiger partial charge in [0.2, 0.25) is 0 Å². The van der Waals surface area contributed by atoms with Crippen molar-refractivity contribution in [1.82, 2.24) is 15.1 Å². The summed E-state index contributed by atoms with van der Waals surface area (Å²) in [6.45, 7) is 5.53. The van der Waals surface area contributed by atoms with Crippen molar-refractivity contribution in [2.45, 2.75) is 39.0 Å². The molecule has 0 fully saturated rings. The molecule has 7 heteroatoms. The van der Waals surface area contributed by atoms with Gasteiger partial charge in [-0.1, -0.05) is 54.6 Å². The van der Waals surface area contributed by atoms with Gasteiger partial charge in [0.25, 0.3) is 5.91 Å². The van der Waals surface area contributed by atoms with E-state index in [1.807, 2.05) is 85.5 Å². The van der Waals surface area contributed by atoms with Crippen molar-refractivity contribution in [2.75, 3.05) is 13.2 Å². The van der Waals surface area contributed by atoms with Crippen molar-refractivity contribution < 1.29 is 19.4 Å². The minimum absolute atomic E-state index is 0.116. The Labute approximate surface area is 216 Å². The summed E-state index contributed by atoms with van der Waals surface area (Å²) in [6.07, 6.45) is 0.835. The Morgan fingerprint density at radius 1 is 1.03 bits per heavy atom. The molecule has 0 saturated carbocycles.